The molecule has 3 N–H and O–H groups in total. The normalized spacial score (nSPS) is 27.9. The van der Waals surface area contributed by atoms with Crippen molar-refractivity contribution < 1.29 is 9.59 Å². The lowest BCUT2D eigenvalue weighted by atomic mass is 10.1. The summed E-state index contributed by atoms with van der Waals surface area (Å²) in [5, 5.41) is 0. The Labute approximate surface area is 77.2 Å². The van der Waals surface area contributed by atoms with Crippen LogP contribution in [0.5, 0.6) is 0 Å². The summed E-state index contributed by atoms with van der Waals surface area (Å²) < 4.78 is 0. The van der Waals surface area contributed by atoms with Gasteiger partial charge < -0.3 is 4.90 Å². The molecule has 1 fully saturated rings. The number of hydrogen-bond acceptors (Lipinski definition) is 3. The first-order chi connectivity index (χ1) is 6.06. The van der Waals surface area contributed by atoms with E-state index >= 15 is 0 Å². The van der Waals surface area contributed by atoms with Gasteiger partial charge in [-0.25, -0.2) is 5.84 Å². The Kier molecular flexibility index (Phi) is 2.87. The Bertz CT molecular complexity index is 229. The van der Waals surface area contributed by atoms with Crippen molar-refractivity contribution in [2.45, 2.75) is 26.3 Å². The summed E-state index contributed by atoms with van der Waals surface area (Å²) in [4.78, 5) is 24.0. The zero-order valence-electron chi connectivity index (χ0n) is 7.91. The molecule has 1 heterocycles. The lowest BCUT2D eigenvalue weighted by Gasteiger charge is -2.20. The van der Waals surface area contributed by atoms with Gasteiger partial charge in [0.15, 0.2) is 0 Å². The number of likely N-dealkylation sites (tertiary alicyclic amines) is 1. The highest BCUT2D eigenvalue weighted by molar-refractivity contribution is 5.87. The average molecular weight is 185 g/mol. The number of nitrogens with one attached hydrogen (secondary N) is 1. The van der Waals surface area contributed by atoms with Gasteiger partial charge in [-0.05, 0) is 13.3 Å². The maximum absolute atomic E-state index is 11.5. The summed E-state index contributed by atoms with van der Waals surface area (Å²) in [7, 11) is 0. The van der Waals surface area contributed by atoms with Crippen LogP contribution in [-0.4, -0.2) is 29.3 Å². The standard InChI is InChI=1S/C8H15N3O2/c1-5-3-6(2)11(8(5)13)4-7(12)10-9/h5-6H,3-4,9H2,1-2H3,(H,10,12). The van der Waals surface area contributed by atoms with Crippen LogP contribution < -0.4 is 11.3 Å². The molecular formula is C8H15N3O2. The van der Waals surface area contributed by atoms with E-state index in [0.717, 1.165) is 6.42 Å². The summed E-state index contributed by atoms with van der Waals surface area (Å²) in [6, 6.07) is 0.139. The van der Waals surface area contributed by atoms with Gasteiger partial charge in [-0.2, -0.15) is 0 Å². The summed E-state index contributed by atoms with van der Waals surface area (Å²) in [5.74, 6) is 4.68. The number of rotatable bonds is 2. The van der Waals surface area contributed by atoms with Crippen molar-refractivity contribution >= 4 is 11.8 Å². The number of amides is 2. The van der Waals surface area contributed by atoms with Gasteiger partial charge in [0, 0.05) is 12.0 Å². The van der Waals surface area contributed by atoms with Crippen LogP contribution in [0, 0.1) is 5.92 Å². The molecule has 74 valence electrons. The first-order valence-electron chi connectivity index (χ1n) is 4.36. The fraction of sp³-hybridized carbons (Fsp3) is 0.750. The van der Waals surface area contributed by atoms with E-state index in [1.807, 2.05) is 19.3 Å². The molecule has 1 aliphatic heterocycles. The number of hydrazine groups is 1. The zero-order chi connectivity index (χ0) is 10.0. The van der Waals surface area contributed by atoms with E-state index in [1.54, 1.807) is 4.90 Å². The molecule has 2 amide bonds. The molecule has 0 saturated carbocycles. The Balaban J connectivity index is 2.59. The molecule has 2 atom stereocenters. The minimum Gasteiger partial charge on any atom is -0.330 e. The van der Waals surface area contributed by atoms with Gasteiger partial charge in [-0.1, -0.05) is 6.92 Å². The SMILES string of the molecule is CC1CC(C)N(CC(=O)NN)C1=O. The van der Waals surface area contributed by atoms with Crippen molar-refractivity contribution in [3.8, 4) is 0 Å². The number of nitrogens with two attached hydrogens (primary N) is 1. The first kappa shape index (κ1) is 9.98. The topological polar surface area (TPSA) is 75.4 Å². The van der Waals surface area contributed by atoms with Gasteiger partial charge >= 0.3 is 0 Å². The minimum atomic E-state index is -0.325. The maximum Gasteiger partial charge on any atom is 0.253 e. The second-order valence-electron chi connectivity index (χ2n) is 3.52. The molecule has 0 bridgehead atoms. The van der Waals surface area contributed by atoms with Crippen LogP contribution in [0.2, 0.25) is 0 Å². The van der Waals surface area contributed by atoms with Crippen molar-refractivity contribution in [3.63, 3.8) is 0 Å². The lowest BCUT2D eigenvalue weighted by molar-refractivity contribution is -0.136. The molecule has 0 aromatic carbocycles. The lowest BCUT2D eigenvalue weighted by Crippen LogP contribution is -2.43. The van der Waals surface area contributed by atoms with E-state index in [1.165, 1.54) is 0 Å². The van der Waals surface area contributed by atoms with Crippen molar-refractivity contribution in [2.75, 3.05) is 6.54 Å². The largest absolute Gasteiger partial charge is 0.330 e. The maximum atomic E-state index is 11.5. The molecule has 5 heteroatoms. The van der Waals surface area contributed by atoms with Gasteiger partial charge in [0.2, 0.25) is 5.91 Å². The molecule has 0 aromatic heterocycles. The van der Waals surface area contributed by atoms with Gasteiger partial charge in [0.1, 0.15) is 6.54 Å². The Morgan fingerprint density at radius 2 is 2.31 bits per heavy atom. The van der Waals surface area contributed by atoms with Crippen LogP contribution in [0.1, 0.15) is 20.3 Å². The molecule has 0 spiro atoms. The van der Waals surface area contributed by atoms with Crippen molar-refractivity contribution in [1.82, 2.24) is 10.3 Å². The fourth-order valence-electron chi connectivity index (χ4n) is 1.67. The zero-order valence-corrected chi connectivity index (χ0v) is 7.91. The third-order valence-electron chi connectivity index (χ3n) is 2.41. The molecule has 1 rings (SSSR count). The number of hydrogen-bond donors (Lipinski definition) is 2. The summed E-state index contributed by atoms with van der Waals surface area (Å²) >= 11 is 0. The predicted octanol–water partition coefficient (Wildman–Crippen LogP) is -0.767. The van der Waals surface area contributed by atoms with Gasteiger partial charge in [-0.3, -0.25) is 15.0 Å². The van der Waals surface area contributed by atoms with E-state index in [0.29, 0.717) is 0 Å². The molecule has 5 nitrogen and oxygen atoms in total. The highest BCUT2D eigenvalue weighted by atomic mass is 16.2. The highest BCUT2D eigenvalue weighted by Gasteiger charge is 2.34. The van der Waals surface area contributed by atoms with Crippen molar-refractivity contribution in [1.29, 1.82) is 0 Å². The minimum absolute atomic E-state index is 0.0283. The Hall–Kier alpha value is -1.10. The van der Waals surface area contributed by atoms with E-state index in [-0.39, 0.29) is 30.3 Å². The summed E-state index contributed by atoms with van der Waals surface area (Å²) in [6.45, 7) is 3.88. The third kappa shape index (κ3) is 1.98. The molecule has 13 heavy (non-hydrogen) atoms. The van der Waals surface area contributed by atoms with Crippen LogP contribution in [-0.2, 0) is 9.59 Å². The predicted molar refractivity (Wildman–Crippen MR) is 47.3 cm³/mol. The van der Waals surface area contributed by atoms with E-state index in [4.69, 9.17) is 5.84 Å². The van der Waals surface area contributed by atoms with E-state index in [9.17, 15) is 9.59 Å². The van der Waals surface area contributed by atoms with Crippen LogP contribution >= 0.6 is 0 Å². The molecule has 0 aromatic rings. The van der Waals surface area contributed by atoms with Crippen LogP contribution in [0.3, 0.4) is 0 Å². The monoisotopic (exact) mass is 185 g/mol. The number of nitrogens with zero attached hydrogens (tertiary/aromatic N) is 1. The fourth-order valence-corrected chi connectivity index (χ4v) is 1.67. The van der Waals surface area contributed by atoms with Crippen molar-refractivity contribution in [2.24, 2.45) is 11.8 Å². The van der Waals surface area contributed by atoms with Crippen LogP contribution in [0.4, 0.5) is 0 Å². The summed E-state index contributed by atoms with van der Waals surface area (Å²) in [6.07, 6.45) is 0.816. The molecule has 0 aliphatic carbocycles. The molecular weight excluding hydrogens is 170 g/mol. The van der Waals surface area contributed by atoms with Crippen LogP contribution in [0.15, 0.2) is 0 Å². The van der Waals surface area contributed by atoms with Gasteiger partial charge in [0.05, 0.1) is 0 Å². The molecule has 0 radical (unpaired) electrons. The Morgan fingerprint density at radius 3 is 2.69 bits per heavy atom. The smallest absolute Gasteiger partial charge is 0.253 e. The quantitative estimate of drug-likeness (QED) is 0.337. The number of carbonyl (C=O) groups excluding carboxylic acids is 2. The second-order valence-corrected chi connectivity index (χ2v) is 3.52. The number of carbonyl (C=O) groups is 2. The summed E-state index contributed by atoms with van der Waals surface area (Å²) in [5.41, 5.74) is 2.01. The Morgan fingerprint density at radius 1 is 1.69 bits per heavy atom. The van der Waals surface area contributed by atoms with Crippen LogP contribution in [0.25, 0.3) is 0 Å². The van der Waals surface area contributed by atoms with E-state index < -0.39 is 0 Å². The first-order valence-corrected chi connectivity index (χ1v) is 4.36. The highest BCUT2D eigenvalue weighted by Crippen LogP contribution is 2.23. The third-order valence-corrected chi connectivity index (χ3v) is 2.41. The van der Waals surface area contributed by atoms with Gasteiger partial charge in [0.25, 0.3) is 5.91 Å². The van der Waals surface area contributed by atoms with Crippen molar-refractivity contribution in [3.05, 3.63) is 0 Å². The average Bonchev–Trinajstić information content (AvgIpc) is 2.32. The van der Waals surface area contributed by atoms with E-state index in [2.05, 4.69) is 0 Å². The molecule has 1 saturated heterocycles. The molecule has 1 aliphatic rings. The second kappa shape index (κ2) is 3.74. The molecule has 2 unspecified atom stereocenters. The van der Waals surface area contributed by atoms with Gasteiger partial charge in [-0.15, -0.1) is 0 Å².